The molecule has 0 unspecified atom stereocenters. The minimum absolute atomic E-state index is 0.216. The molecule has 0 aliphatic heterocycles. The molecule has 2 aromatic rings. The van der Waals surface area contributed by atoms with Gasteiger partial charge in [0, 0.05) is 34.2 Å². The molecule has 0 saturated heterocycles. The van der Waals surface area contributed by atoms with E-state index in [4.69, 9.17) is 11.6 Å². The number of hydrogen-bond donors (Lipinski definition) is 1. The first-order valence-corrected chi connectivity index (χ1v) is 7.33. The normalized spacial score (nSPS) is 12.2. The van der Waals surface area contributed by atoms with Gasteiger partial charge in [-0.15, -0.1) is 0 Å². The van der Waals surface area contributed by atoms with E-state index in [9.17, 15) is 0 Å². The Kier molecular flexibility index (Phi) is 4.54. The lowest BCUT2D eigenvalue weighted by atomic mass is 10.1. The van der Waals surface area contributed by atoms with Crippen LogP contribution in [-0.2, 0) is 6.54 Å². The predicted octanol–water partition coefficient (Wildman–Crippen LogP) is 4.46. The number of hydrogen-bond acceptors (Lipinski definition) is 1. The fourth-order valence-electron chi connectivity index (χ4n) is 2.25. The van der Waals surface area contributed by atoms with Crippen molar-refractivity contribution in [1.29, 1.82) is 0 Å². The highest BCUT2D eigenvalue weighted by Crippen LogP contribution is 2.24. The summed E-state index contributed by atoms with van der Waals surface area (Å²) in [6, 6.07) is 8.20. The molecule has 0 bridgehead atoms. The van der Waals surface area contributed by atoms with Crippen LogP contribution in [0.25, 0.3) is 10.9 Å². The topological polar surface area (TPSA) is 17.0 Å². The number of benzene rings is 1. The van der Waals surface area contributed by atoms with Crippen LogP contribution in [0, 0.1) is 0 Å². The Morgan fingerprint density at radius 1 is 1.16 bits per heavy atom. The maximum absolute atomic E-state index is 6.18. The molecule has 1 aromatic heterocycles. The molecule has 2 nitrogen and oxygen atoms in total. The number of nitrogens with zero attached hydrogens (tertiary/aromatic N) is 1. The van der Waals surface area contributed by atoms with Crippen LogP contribution in [0.1, 0.15) is 33.6 Å². The van der Waals surface area contributed by atoms with Gasteiger partial charge in [0.2, 0.25) is 0 Å². The first-order valence-electron chi connectivity index (χ1n) is 6.96. The van der Waals surface area contributed by atoms with Crippen molar-refractivity contribution in [2.45, 2.75) is 45.7 Å². The van der Waals surface area contributed by atoms with E-state index in [2.05, 4.69) is 49.0 Å². The zero-order chi connectivity index (χ0) is 13.9. The number of aromatic nitrogens is 1. The van der Waals surface area contributed by atoms with Crippen LogP contribution in [0.3, 0.4) is 0 Å². The Bertz CT molecular complexity index is 537. The van der Waals surface area contributed by atoms with Gasteiger partial charge in [0.25, 0.3) is 0 Å². The lowest BCUT2D eigenvalue weighted by Gasteiger charge is -2.20. The van der Waals surface area contributed by atoms with Crippen molar-refractivity contribution in [3.05, 3.63) is 35.5 Å². The van der Waals surface area contributed by atoms with E-state index in [1.807, 2.05) is 12.1 Å². The molecule has 2 rings (SSSR count). The molecule has 0 saturated carbocycles. The highest BCUT2D eigenvalue weighted by Gasteiger charge is 2.07. The summed E-state index contributed by atoms with van der Waals surface area (Å²) in [5.41, 5.74) is 1.45. The van der Waals surface area contributed by atoms with E-state index < -0.39 is 0 Å². The van der Waals surface area contributed by atoms with E-state index >= 15 is 0 Å². The summed E-state index contributed by atoms with van der Waals surface area (Å²) < 4.78 is 2.29. The maximum atomic E-state index is 6.18. The highest BCUT2D eigenvalue weighted by molar-refractivity contribution is 6.35. The van der Waals surface area contributed by atoms with Gasteiger partial charge in [-0.25, -0.2) is 0 Å². The van der Waals surface area contributed by atoms with Crippen molar-refractivity contribution < 1.29 is 0 Å². The number of unbranched alkanes of at least 4 members (excludes halogenated alkanes) is 1. The molecule has 0 amide bonds. The third-order valence-corrected chi connectivity index (χ3v) is 3.57. The Morgan fingerprint density at radius 2 is 1.95 bits per heavy atom. The van der Waals surface area contributed by atoms with Crippen LogP contribution in [0.15, 0.2) is 30.5 Å². The highest BCUT2D eigenvalue weighted by atomic mass is 35.5. The first-order chi connectivity index (χ1) is 8.97. The number of halogens is 1. The minimum Gasteiger partial charge on any atom is -0.347 e. The van der Waals surface area contributed by atoms with E-state index in [-0.39, 0.29) is 5.54 Å². The van der Waals surface area contributed by atoms with Crippen molar-refractivity contribution in [3.8, 4) is 0 Å². The van der Waals surface area contributed by atoms with Gasteiger partial charge in [-0.3, -0.25) is 0 Å². The number of rotatable bonds is 5. The summed E-state index contributed by atoms with van der Waals surface area (Å²) in [6.45, 7) is 8.73. The van der Waals surface area contributed by atoms with E-state index in [0.717, 1.165) is 23.5 Å². The fourth-order valence-corrected chi connectivity index (χ4v) is 2.48. The molecule has 0 atom stereocenters. The standard InChI is InChI=1S/C16H23ClN2/c1-16(2,3)18-10-4-5-11-19-12-9-13-14(17)7-6-8-15(13)19/h6-9,12,18H,4-5,10-11H2,1-3H3. The minimum atomic E-state index is 0.216. The summed E-state index contributed by atoms with van der Waals surface area (Å²) in [4.78, 5) is 0. The van der Waals surface area contributed by atoms with Crippen molar-refractivity contribution in [3.63, 3.8) is 0 Å². The fraction of sp³-hybridized carbons (Fsp3) is 0.500. The average molecular weight is 279 g/mol. The molecule has 0 spiro atoms. The molecule has 1 heterocycles. The molecule has 0 fully saturated rings. The van der Waals surface area contributed by atoms with Crippen molar-refractivity contribution in [1.82, 2.24) is 9.88 Å². The van der Waals surface area contributed by atoms with Crippen LogP contribution >= 0.6 is 11.6 Å². The van der Waals surface area contributed by atoms with Gasteiger partial charge >= 0.3 is 0 Å². The van der Waals surface area contributed by atoms with E-state index in [0.29, 0.717) is 0 Å². The first kappa shape index (κ1) is 14.4. The van der Waals surface area contributed by atoms with Gasteiger partial charge in [0.05, 0.1) is 0 Å². The van der Waals surface area contributed by atoms with E-state index in [1.54, 1.807) is 0 Å². The number of fused-ring (bicyclic) bond motifs is 1. The van der Waals surface area contributed by atoms with Crippen molar-refractivity contribution >= 4 is 22.5 Å². The molecule has 1 N–H and O–H groups in total. The van der Waals surface area contributed by atoms with E-state index in [1.165, 1.54) is 18.4 Å². The quantitative estimate of drug-likeness (QED) is 0.799. The smallest absolute Gasteiger partial charge is 0.0499 e. The van der Waals surface area contributed by atoms with Gasteiger partial charge in [0.1, 0.15) is 0 Å². The Balaban J connectivity index is 1.87. The second-order valence-corrected chi connectivity index (χ2v) is 6.47. The molecule has 0 aliphatic carbocycles. The van der Waals surface area contributed by atoms with Crippen LogP contribution in [0.5, 0.6) is 0 Å². The maximum Gasteiger partial charge on any atom is 0.0499 e. The van der Waals surface area contributed by atoms with Gasteiger partial charge < -0.3 is 9.88 Å². The molecule has 104 valence electrons. The van der Waals surface area contributed by atoms with Crippen LogP contribution in [0.2, 0.25) is 5.02 Å². The van der Waals surface area contributed by atoms with Crippen molar-refractivity contribution in [2.24, 2.45) is 0 Å². The SMILES string of the molecule is CC(C)(C)NCCCCn1ccc2c(Cl)cccc21. The predicted molar refractivity (Wildman–Crippen MR) is 83.9 cm³/mol. The average Bonchev–Trinajstić information content (AvgIpc) is 2.72. The zero-order valence-electron chi connectivity index (χ0n) is 12.0. The lowest BCUT2D eigenvalue weighted by Crippen LogP contribution is -2.36. The van der Waals surface area contributed by atoms with Crippen molar-refractivity contribution in [2.75, 3.05) is 6.54 Å². The molecular weight excluding hydrogens is 256 g/mol. The molecular formula is C16H23ClN2. The summed E-state index contributed by atoms with van der Waals surface area (Å²) in [5, 5.41) is 5.51. The van der Waals surface area contributed by atoms with Gasteiger partial charge in [-0.1, -0.05) is 17.7 Å². The van der Waals surface area contributed by atoms with Gasteiger partial charge in [-0.2, -0.15) is 0 Å². The largest absolute Gasteiger partial charge is 0.347 e. The molecule has 19 heavy (non-hydrogen) atoms. The molecule has 1 aromatic carbocycles. The Hall–Kier alpha value is -0.990. The molecule has 0 radical (unpaired) electrons. The summed E-state index contributed by atoms with van der Waals surface area (Å²) in [6.07, 6.45) is 4.50. The zero-order valence-corrected chi connectivity index (χ0v) is 12.8. The van der Waals surface area contributed by atoms with Gasteiger partial charge in [-0.05, 0) is 58.4 Å². The number of nitrogens with one attached hydrogen (secondary N) is 1. The van der Waals surface area contributed by atoms with Gasteiger partial charge in [0.15, 0.2) is 0 Å². The second kappa shape index (κ2) is 5.98. The molecule has 3 heteroatoms. The van der Waals surface area contributed by atoms with Crippen LogP contribution in [0.4, 0.5) is 0 Å². The summed E-state index contributed by atoms with van der Waals surface area (Å²) in [7, 11) is 0. The summed E-state index contributed by atoms with van der Waals surface area (Å²) in [5.74, 6) is 0. The monoisotopic (exact) mass is 278 g/mol. The third kappa shape index (κ3) is 3.99. The summed E-state index contributed by atoms with van der Waals surface area (Å²) >= 11 is 6.18. The number of aryl methyl sites for hydroxylation is 1. The third-order valence-electron chi connectivity index (χ3n) is 3.24. The Labute approximate surface area is 120 Å². The molecule has 0 aliphatic rings. The lowest BCUT2D eigenvalue weighted by molar-refractivity contribution is 0.415. The second-order valence-electron chi connectivity index (χ2n) is 6.07. The van der Waals surface area contributed by atoms with Crippen LogP contribution in [-0.4, -0.2) is 16.7 Å². The van der Waals surface area contributed by atoms with Crippen LogP contribution < -0.4 is 5.32 Å². The Morgan fingerprint density at radius 3 is 2.68 bits per heavy atom.